The number of hydrogen-bond donors (Lipinski definition) is 1. The predicted molar refractivity (Wildman–Crippen MR) is 118 cm³/mol. The van der Waals surface area contributed by atoms with Crippen LogP contribution in [0.4, 0.5) is 5.69 Å². The van der Waals surface area contributed by atoms with Crippen LogP contribution >= 0.6 is 23.1 Å². The van der Waals surface area contributed by atoms with Gasteiger partial charge in [0.15, 0.2) is 0 Å². The van der Waals surface area contributed by atoms with Gasteiger partial charge in [0, 0.05) is 17.0 Å². The van der Waals surface area contributed by atoms with Crippen LogP contribution in [0, 0.1) is 0 Å². The maximum Gasteiger partial charge on any atom is 0.254 e. The zero-order chi connectivity index (χ0) is 20.0. The Labute approximate surface area is 177 Å². The van der Waals surface area contributed by atoms with Gasteiger partial charge in [-0.3, -0.25) is 9.59 Å². The van der Waals surface area contributed by atoms with Crippen molar-refractivity contribution in [3.63, 3.8) is 0 Å². The summed E-state index contributed by atoms with van der Waals surface area (Å²) in [5.74, 6) is -0.00736. The van der Waals surface area contributed by atoms with Crippen molar-refractivity contribution in [1.29, 1.82) is 0 Å². The van der Waals surface area contributed by atoms with Gasteiger partial charge in [0.05, 0.1) is 27.2 Å². The van der Waals surface area contributed by atoms with Crippen LogP contribution in [0.25, 0.3) is 10.2 Å². The van der Waals surface area contributed by atoms with Gasteiger partial charge in [-0.05, 0) is 56.5 Å². The van der Waals surface area contributed by atoms with Crippen LogP contribution in [0.15, 0.2) is 47.4 Å². The number of amides is 2. The van der Waals surface area contributed by atoms with E-state index in [1.54, 1.807) is 11.3 Å². The molecular formula is C22H21N3O2S2. The lowest BCUT2D eigenvalue weighted by Crippen LogP contribution is -2.38. The predicted octanol–water partition coefficient (Wildman–Crippen LogP) is 5.10. The van der Waals surface area contributed by atoms with Crippen LogP contribution < -0.4 is 5.32 Å². The average molecular weight is 424 g/mol. The molecule has 1 saturated heterocycles. The topological polar surface area (TPSA) is 62.3 Å². The monoisotopic (exact) mass is 423 g/mol. The van der Waals surface area contributed by atoms with Crippen molar-refractivity contribution in [1.82, 2.24) is 9.88 Å². The van der Waals surface area contributed by atoms with Gasteiger partial charge in [-0.25, -0.2) is 4.98 Å². The van der Waals surface area contributed by atoms with Crippen molar-refractivity contribution >= 4 is 50.8 Å². The molecule has 2 atom stereocenters. The number of thioether (sulfide) groups is 1. The number of nitrogens with one attached hydrogen (secondary N) is 1. The molecular weight excluding hydrogens is 402 g/mol. The van der Waals surface area contributed by atoms with E-state index in [1.165, 1.54) is 11.8 Å². The standard InChI is InChI=1S/C22H21N3O2S2/c1-13-20(26)23-16-12-14(9-10-19(16)28-13)22(27)25-11-5-4-7-17(25)21-24-15-6-2-3-8-18(15)29-21/h2-3,6,8-10,12-13,17H,4-5,7,11H2,1H3,(H,23,26). The van der Waals surface area contributed by atoms with Crippen LogP contribution in [-0.4, -0.2) is 33.5 Å². The highest BCUT2D eigenvalue weighted by Gasteiger charge is 2.32. The summed E-state index contributed by atoms with van der Waals surface area (Å²) in [5.41, 5.74) is 2.35. The summed E-state index contributed by atoms with van der Waals surface area (Å²) in [6.45, 7) is 2.62. The van der Waals surface area contributed by atoms with Crippen LogP contribution in [-0.2, 0) is 4.79 Å². The number of rotatable bonds is 2. The van der Waals surface area contributed by atoms with Gasteiger partial charge in [-0.1, -0.05) is 12.1 Å². The number of para-hydroxylation sites is 1. The summed E-state index contributed by atoms with van der Waals surface area (Å²) >= 11 is 3.21. The van der Waals surface area contributed by atoms with Crippen LogP contribution in [0.1, 0.15) is 47.6 Å². The van der Waals surface area contributed by atoms with Crippen molar-refractivity contribution in [3.8, 4) is 0 Å². The van der Waals surface area contributed by atoms with E-state index in [2.05, 4.69) is 11.4 Å². The molecule has 2 amide bonds. The third-order valence-corrected chi connectivity index (χ3v) is 7.83. The molecule has 0 aliphatic carbocycles. The Morgan fingerprint density at radius 1 is 1.21 bits per heavy atom. The molecule has 2 aliphatic heterocycles. The van der Waals surface area contributed by atoms with Gasteiger partial charge in [0.1, 0.15) is 5.01 Å². The molecule has 7 heteroatoms. The summed E-state index contributed by atoms with van der Waals surface area (Å²) in [6.07, 6.45) is 3.03. The number of piperidine rings is 1. The van der Waals surface area contributed by atoms with Gasteiger partial charge in [-0.2, -0.15) is 0 Å². The SMILES string of the molecule is CC1Sc2ccc(C(=O)N3CCCCC3c3nc4ccccc4s3)cc2NC1=O. The molecule has 2 unspecified atom stereocenters. The normalized spacial score (nSPS) is 21.7. The first-order valence-corrected chi connectivity index (χ1v) is 11.6. The van der Waals surface area contributed by atoms with Crippen molar-refractivity contribution in [3.05, 3.63) is 53.0 Å². The molecule has 0 bridgehead atoms. The first kappa shape index (κ1) is 18.6. The number of thiazole rings is 1. The number of likely N-dealkylation sites (tertiary alicyclic amines) is 1. The number of anilines is 1. The number of carbonyl (C=O) groups excluding carboxylic acids is 2. The third-order valence-electron chi connectivity index (χ3n) is 5.52. The number of nitrogens with zero attached hydrogens (tertiary/aromatic N) is 2. The highest BCUT2D eigenvalue weighted by atomic mass is 32.2. The highest BCUT2D eigenvalue weighted by Crippen LogP contribution is 2.39. The Balaban J connectivity index is 1.46. The molecule has 5 rings (SSSR count). The molecule has 1 N–H and O–H groups in total. The molecule has 3 aromatic rings. The van der Waals surface area contributed by atoms with E-state index in [0.717, 1.165) is 51.6 Å². The minimum Gasteiger partial charge on any atom is -0.329 e. The van der Waals surface area contributed by atoms with Gasteiger partial charge < -0.3 is 10.2 Å². The first-order valence-electron chi connectivity index (χ1n) is 9.88. The smallest absolute Gasteiger partial charge is 0.254 e. The van der Waals surface area contributed by atoms with Gasteiger partial charge in [0.25, 0.3) is 5.91 Å². The largest absolute Gasteiger partial charge is 0.329 e. The second-order valence-corrected chi connectivity index (χ2v) is 9.94. The quantitative estimate of drug-likeness (QED) is 0.623. The van der Waals surface area contributed by atoms with Gasteiger partial charge >= 0.3 is 0 Å². The summed E-state index contributed by atoms with van der Waals surface area (Å²) < 4.78 is 1.16. The van der Waals surface area contributed by atoms with Crippen LogP contribution in [0.2, 0.25) is 0 Å². The molecule has 148 valence electrons. The molecule has 2 aromatic carbocycles. The van der Waals surface area contributed by atoms with E-state index < -0.39 is 0 Å². The molecule has 29 heavy (non-hydrogen) atoms. The Kier molecular flexibility index (Phi) is 4.80. The fourth-order valence-electron chi connectivity index (χ4n) is 3.97. The fraction of sp³-hybridized carbons (Fsp3) is 0.318. The van der Waals surface area contributed by atoms with E-state index in [0.29, 0.717) is 5.56 Å². The van der Waals surface area contributed by atoms with E-state index in [-0.39, 0.29) is 23.1 Å². The fourth-order valence-corrected chi connectivity index (χ4v) is 6.02. The summed E-state index contributed by atoms with van der Waals surface area (Å²) in [7, 11) is 0. The molecule has 0 saturated carbocycles. The van der Waals surface area contributed by atoms with E-state index in [1.807, 2.05) is 48.2 Å². The summed E-state index contributed by atoms with van der Waals surface area (Å²) in [6, 6.07) is 13.8. The molecule has 1 fully saturated rings. The van der Waals surface area contributed by atoms with E-state index >= 15 is 0 Å². The number of aromatic nitrogens is 1. The zero-order valence-corrected chi connectivity index (χ0v) is 17.7. The minimum atomic E-state index is -0.116. The lowest BCUT2D eigenvalue weighted by molar-refractivity contribution is -0.115. The Hall–Kier alpha value is -2.38. The van der Waals surface area contributed by atoms with Crippen molar-refractivity contribution < 1.29 is 9.59 Å². The average Bonchev–Trinajstić information content (AvgIpc) is 3.18. The highest BCUT2D eigenvalue weighted by molar-refractivity contribution is 8.00. The first-order chi connectivity index (χ1) is 14.1. The van der Waals surface area contributed by atoms with Crippen LogP contribution in [0.5, 0.6) is 0 Å². The number of hydrogen-bond acceptors (Lipinski definition) is 5. The Morgan fingerprint density at radius 3 is 2.93 bits per heavy atom. The summed E-state index contributed by atoms with van der Waals surface area (Å²) in [4.78, 5) is 33.2. The zero-order valence-electron chi connectivity index (χ0n) is 16.1. The van der Waals surface area contributed by atoms with E-state index in [4.69, 9.17) is 4.98 Å². The molecule has 2 aliphatic rings. The summed E-state index contributed by atoms with van der Waals surface area (Å²) in [5, 5.41) is 3.82. The van der Waals surface area contributed by atoms with Crippen molar-refractivity contribution in [2.75, 3.05) is 11.9 Å². The lowest BCUT2D eigenvalue weighted by Gasteiger charge is -2.35. The van der Waals surface area contributed by atoms with Crippen molar-refractivity contribution in [2.45, 2.75) is 42.4 Å². The molecule has 5 nitrogen and oxygen atoms in total. The minimum absolute atomic E-state index is 0.00803. The number of fused-ring (bicyclic) bond motifs is 2. The molecule has 3 heterocycles. The second-order valence-electron chi connectivity index (χ2n) is 7.49. The Morgan fingerprint density at radius 2 is 2.07 bits per heavy atom. The third kappa shape index (κ3) is 3.42. The second kappa shape index (κ2) is 7.46. The number of benzene rings is 2. The van der Waals surface area contributed by atoms with Gasteiger partial charge in [0.2, 0.25) is 5.91 Å². The maximum atomic E-state index is 13.4. The number of carbonyl (C=O) groups is 2. The van der Waals surface area contributed by atoms with Crippen molar-refractivity contribution in [2.24, 2.45) is 0 Å². The molecule has 1 aromatic heterocycles. The van der Waals surface area contributed by atoms with Gasteiger partial charge in [-0.15, -0.1) is 23.1 Å². The maximum absolute atomic E-state index is 13.4. The Bertz CT molecular complexity index is 1080. The lowest BCUT2D eigenvalue weighted by atomic mass is 10.0. The van der Waals surface area contributed by atoms with Crippen LogP contribution in [0.3, 0.4) is 0 Å². The molecule has 0 spiro atoms. The molecule has 0 radical (unpaired) electrons. The van der Waals surface area contributed by atoms with E-state index in [9.17, 15) is 9.59 Å².